The Kier molecular flexibility index (Phi) is 3.55. The zero-order valence-electron chi connectivity index (χ0n) is 10.7. The second-order valence-electron chi connectivity index (χ2n) is 4.77. The second-order valence-corrected chi connectivity index (χ2v) is 4.77. The van der Waals surface area contributed by atoms with Crippen LogP contribution in [0, 0.1) is 11.2 Å². The Morgan fingerprint density at radius 1 is 1.39 bits per heavy atom. The first kappa shape index (κ1) is 12.9. The van der Waals surface area contributed by atoms with Gasteiger partial charge in [0.15, 0.2) is 11.6 Å². The van der Waals surface area contributed by atoms with Gasteiger partial charge in [-0.05, 0) is 37.0 Å². The third kappa shape index (κ3) is 2.19. The standard InChI is InChI=1S/C14H17FO3/c1-17-12-5-4-10(8-11(12)15)9-14(6-3-7-14)13(16)18-2/h4-5,8H,3,6-7,9H2,1-2H3. The van der Waals surface area contributed by atoms with Crippen molar-refractivity contribution in [2.75, 3.05) is 14.2 Å². The lowest BCUT2D eigenvalue weighted by atomic mass is 9.65. The number of hydrogen-bond acceptors (Lipinski definition) is 3. The summed E-state index contributed by atoms with van der Waals surface area (Å²) in [6.45, 7) is 0. The monoisotopic (exact) mass is 252 g/mol. The molecule has 0 bridgehead atoms. The van der Waals surface area contributed by atoms with Crippen molar-refractivity contribution in [3.63, 3.8) is 0 Å². The maximum atomic E-state index is 13.6. The van der Waals surface area contributed by atoms with Crippen molar-refractivity contribution in [3.8, 4) is 5.75 Å². The number of benzene rings is 1. The smallest absolute Gasteiger partial charge is 0.312 e. The Hall–Kier alpha value is -1.58. The van der Waals surface area contributed by atoms with Gasteiger partial charge in [0.05, 0.1) is 19.6 Å². The molecule has 98 valence electrons. The fourth-order valence-corrected chi connectivity index (χ4v) is 2.48. The third-order valence-electron chi connectivity index (χ3n) is 3.69. The Morgan fingerprint density at radius 3 is 2.56 bits per heavy atom. The first-order valence-electron chi connectivity index (χ1n) is 6.02. The molecule has 0 heterocycles. The molecule has 0 N–H and O–H groups in total. The predicted molar refractivity (Wildman–Crippen MR) is 65.0 cm³/mol. The van der Waals surface area contributed by atoms with E-state index in [0.717, 1.165) is 24.8 Å². The lowest BCUT2D eigenvalue weighted by Crippen LogP contribution is -2.40. The molecule has 4 heteroatoms. The molecule has 0 unspecified atom stereocenters. The fraction of sp³-hybridized carbons (Fsp3) is 0.500. The molecule has 1 aliphatic carbocycles. The van der Waals surface area contributed by atoms with Gasteiger partial charge in [0.25, 0.3) is 0 Å². The molecule has 0 amide bonds. The highest BCUT2D eigenvalue weighted by Gasteiger charge is 2.45. The van der Waals surface area contributed by atoms with Gasteiger partial charge in [-0.3, -0.25) is 4.79 Å². The average Bonchev–Trinajstić information content (AvgIpc) is 2.33. The molecule has 0 saturated heterocycles. The quantitative estimate of drug-likeness (QED) is 0.773. The van der Waals surface area contributed by atoms with Gasteiger partial charge in [-0.15, -0.1) is 0 Å². The van der Waals surface area contributed by atoms with Gasteiger partial charge in [0, 0.05) is 0 Å². The van der Waals surface area contributed by atoms with Gasteiger partial charge in [-0.2, -0.15) is 0 Å². The Labute approximate surface area is 106 Å². The van der Waals surface area contributed by atoms with Crippen LogP contribution in [0.1, 0.15) is 24.8 Å². The van der Waals surface area contributed by atoms with E-state index in [1.165, 1.54) is 20.3 Å². The highest BCUT2D eigenvalue weighted by molar-refractivity contribution is 5.78. The van der Waals surface area contributed by atoms with Crippen LogP contribution in [0.4, 0.5) is 4.39 Å². The SMILES string of the molecule is COC(=O)C1(Cc2ccc(OC)c(F)c2)CCC1. The number of rotatable bonds is 4. The summed E-state index contributed by atoms with van der Waals surface area (Å²) < 4.78 is 23.3. The first-order chi connectivity index (χ1) is 8.61. The summed E-state index contributed by atoms with van der Waals surface area (Å²) >= 11 is 0. The van der Waals surface area contributed by atoms with Gasteiger partial charge < -0.3 is 9.47 Å². The van der Waals surface area contributed by atoms with Crippen LogP contribution < -0.4 is 4.74 Å². The molecule has 0 atom stereocenters. The predicted octanol–water partition coefficient (Wildman–Crippen LogP) is 2.72. The number of carbonyl (C=O) groups is 1. The van der Waals surface area contributed by atoms with Crippen molar-refractivity contribution in [2.45, 2.75) is 25.7 Å². The van der Waals surface area contributed by atoms with E-state index in [0.29, 0.717) is 6.42 Å². The maximum absolute atomic E-state index is 13.6. The van der Waals surface area contributed by atoms with E-state index in [-0.39, 0.29) is 11.7 Å². The summed E-state index contributed by atoms with van der Waals surface area (Å²) in [6, 6.07) is 4.82. The molecule has 0 aromatic heterocycles. The number of carbonyl (C=O) groups excluding carboxylic acids is 1. The zero-order chi connectivity index (χ0) is 13.2. The molecule has 1 fully saturated rings. The van der Waals surface area contributed by atoms with Crippen LogP contribution in [0.5, 0.6) is 5.75 Å². The summed E-state index contributed by atoms with van der Waals surface area (Å²) in [4.78, 5) is 11.8. The minimum absolute atomic E-state index is 0.190. The summed E-state index contributed by atoms with van der Waals surface area (Å²) in [5, 5.41) is 0. The van der Waals surface area contributed by atoms with Crippen LogP contribution in [0.2, 0.25) is 0 Å². The highest BCUT2D eigenvalue weighted by atomic mass is 19.1. The largest absolute Gasteiger partial charge is 0.494 e. The van der Waals surface area contributed by atoms with Gasteiger partial charge in [-0.25, -0.2) is 4.39 Å². The van der Waals surface area contributed by atoms with Crippen LogP contribution in [0.3, 0.4) is 0 Å². The van der Waals surface area contributed by atoms with Gasteiger partial charge in [-0.1, -0.05) is 12.5 Å². The van der Waals surface area contributed by atoms with Crippen LogP contribution >= 0.6 is 0 Å². The maximum Gasteiger partial charge on any atom is 0.312 e. The van der Waals surface area contributed by atoms with Crippen molar-refractivity contribution in [1.82, 2.24) is 0 Å². The molecule has 1 aliphatic rings. The van der Waals surface area contributed by atoms with Crippen LogP contribution in [0.15, 0.2) is 18.2 Å². The van der Waals surface area contributed by atoms with E-state index in [1.54, 1.807) is 12.1 Å². The van der Waals surface area contributed by atoms with E-state index in [4.69, 9.17) is 9.47 Å². The molecule has 3 nitrogen and oxygen atoms in total. The topological polar surface area (TPSA) is 35.5 Å². The second kappa shape index (κ2) is 4.96. The Morgan fingerprint density at radius 2 is 2.11 bits per heavy atom. The summed E-state index contributed by atoms with van der Waals surface area (Å²) in [5.41, 5.74) is 0.355. The van der Waals surface area contributed by atoms with E-state index >= 15 is 0 Å². The van der Waals surface area contributed by atoms with E-state index in [2.05, 4.69) is 0 Å². The number of ether oxygens (including phenoxy) is 2. The lowest BCUT2D eigenvalue weighted by molar-refractivity contribution is -0.158. The Bertz CT molecular complexity index is 452. The number of halogens is 1. The molecule has 1 saturated carbocycles. The molecule has 2 rings (SSSR count). The molecule has 1 aromatic carbocycles. The van der Waals surface area contributed by atoms with Crippen LogP contribution in [-0.2, 0) is 16.0 Å². The summed E-state index contributed by atoms with van der Waals surface area (Å²) in [7, 11) is 2.83. The summed E-state index contributed by atoms with van der Waals surface area (Å²) in [6.07, 6.45) is 3.18. The molecule has 0 radical (unpaired) electrons. The molecular formula is C14H17FO3. The van der Waals surface area contributed by atoms with Crippen molar-refractivity contribution < 1.29 is 18.7 Å². The third-order valence-corrected chi connectivity index (χ3v) is 3.69. The van der Waals surface area contributed by atoms with E-state index in [1.807, 2.05) is 0 Å². The molecular weight excluding hydrogens is 235 g/mol. The minimum Gasteiger partial charge on any atom is -0.494 e. The van der Waals surface area contributed by atoms with Gasteiger partial charge in [0.1, 0.15) is 0 Å². The fourth-order valence-electron chi connectivity index (χ4n) is 2.48. The zero-order valence-corrected chi connectivity index (χ0v) is 10.7. The van der Waals surface area contributed by atoms with E-state index < -0.39 is 11.2 Å². The highest BCUT2D eigenvalue weighted by Crippen LogP contribution is 2.44. The van der Waals surface area contributed by atoms with Gasteiger partial charge in [0.2, 0.25) is 0 Å². The molecule has 18 heavy (non-hydrogen) atoms. The van der Waals surface area contributed by atoms with Crippen molar-refractivity contribution in [3.05, 3.63) is 29.6 Å². The van der Waals surface area contributed by atoms with Crippen molar-refractivity contribution in [2.24, 2.45) is 5.41 Å². The lowest BCUT2D eigenvalue weighted by Gasteiger charge is -2.39. The minimum atomic E-state index is -0.449. The van der Waals surface area contributed by atoms with Crippen LogP contribution in [-0.4, -0.2) is 20.2 Å². The van der Waals surface area contributed by atoms with Crippen LogP contribution in [0.25, 0.3) is 0 Å². The number of esters is 1. The van der Waals surface area contributed by atoms with Crippen molar-refractivity contribution >= 4 is 5.97 Å². The average molecular weight is 252 g/mol. The molecule has 0 spiro atoms. The molecule has 0 aliphatic heterocycles. The molecule has 1 aromatic rings. The Balaban J connectivity index is 2.18. The first-order valence-corrected chi connectivity index (χ1v) is 6.02. The van der Waals surface area contributed by atoms with E-state index in [9.17, 15) is 9.18 Å². The van der Waals surface area contributed by atoms with Crippen molar-refractivity contribution in [1.29, 1.82) is 0 Å². The number of methoxy groups -OCH3 is 2. The van der Waals surface area contributed by atoms with Gasteiger partial charge >= 0.3 is 5.97 Å². The number of hydrogen-bond donors (Lipinski definition) is 0. The normalized spacial score (nSPS) is 16.8. The summed E-state index contributed by atoms with van der Waals surface area (Å²) in [5.74, 6) is -0.362.